The monoisotopic (exact) mass is 348 g/mol. The summed E-state index contributed by atoms with van der Waals surface area (Å²) in [6.07, 6.45) is 0. The highest BCUT2D eigenvalue weighted by Crippen LogP contribution is 2.28. The van der Waals surface area contributed by atoms with Gasteiger partial charge in [-0.25, -0.2) is 13.8 Å². The first-order chi connectivity index (χ1) is 8.88. The Morgan fingerprint density at radius 1 is 1.26 bits per heavy atom. The molecule has 2 rings (SSSR count). The van der Waals surface area contributed by atoms with Gasteiger partial charge in [0.1, 0.15) is 11.6 Å². The number of nitrogen functional groups attached to an aromatic ring is 1. The Hall–Kier alpha value is -1.47. The summed E-state index contributed by atoms with van der Waals surface area (Å²) in [6.45, 7) is 1.63. The third kappa shape index (κ3) is 2.93. The van der Waals surface area contributed by atoms with E-state index in [1.807, 2.05) is 0 Å². The highest BCUT2D eigenvalue weighted by atomic mass is 79.9. The van der Waals surface area contributed by atoms with E-state index >= 15 is 0 Å². The van der Waals surface area contributed by atoms with Crippen LogP contribution in [-0.4, -0.2) is 9.97 Å². The van der Waals surface area contributed by atoms with Crippen LogP contribution in [0.4, 0.5) is 26.0 Å². The summed E-state index contributed by atoms with van der Waals surface area (Å²) in [5.74, 6) is -1.14. The van der Waals surface area contributed by atoms with Gasteiger partial charge in [0, 0.05) is 6.07 Å². The summed E-state index contributed by atoms with van der Waals surface area (Å²) in [4.78, 5) is 7.68. The summed E-state index contributed by atoms with van der Waals surface area (Å²) in [6, 6.07) is 1.99. The normalized spacial score (nSPS) is 10.6. The molecule has 1 heterocycles. The van der Waals surface area contributed by atoms with E-state index in [1.54, 1.807) is 6.92 Å². The van der Waals surface area contributed by atoms with Gasteiger partial charge in [-0.15, -0.1) is 0 Å². The maximum absolute atomic E-state index is 13.7. The van der Waals surface area contributed by atoms with Crippen molar-refractivity contribution in [1.29, 1.82) is 0 Å². The number of rotatable bonds is 2. The fourth-order valence-electron chi connectivity index (χ4n) is 1.39. The second kappa shape index (κ2) is 5.26. The maximum Gasteiger partial charge on any atom is 0.224 e. The third-order valence-corrected chi connectivity index (χ3v) is 3.15. The molecule has 2 aromatic rings. The Morgan fingerprint density at radius 3 is 2.63 bits per heavy atom. The van der Waals surface area contributed by atoms with Crippen molar-refractivity contribution in [2.24, 2.45) is 0 Å². The lowest BCUT2D eigenvalue weighted by atomic mass is 10.2. The number of nitrogens with two attached hydrogens (primary N) is 1. The smallest absolute Gasteiger partial charge is 0.224 e. The summed E-state index contributed by atoms with van der Waals surface area (Å²) < 4.78 is 27.1. The van der Waals surface area contributed by atoms with Crippen LogP contribution < -0.4 is 11.1 Å². The van der Waals surface area contributed by atoms with E-state index in [1.165, 1.54) is 0 Å². The van der Waals surface area contributed by atoms with Gasteiger partial charge in [0.25, 0.3) is 0 Å². The Kier molecular flexibility index (Phi) is 3.86. The van der Waals surface area contributed by atoms with E-state index in [2.05, 4.69) is 31.2 Å². The lowest BCUT2D eigenvalue weighted by Gasteiger charge is -2.11. The van der Waals surface area contributed by atoms with Gasteiger partial charge in [0.2, 0.25) is 5.28 Å². The molecule has 0 fully saturated rings. The number of nitrogens with zero attached hydrogens (tertiary/aromatic N) is 2. The van der Waals surface area contributed by atoms with E-state index in [0.717, 1.165) is 12.1 Å². The minimum Gasteiger partial charge on any atom is -0.394 e. The molecular formula is C11H8BrClF2N4. The van der Waals surface area contributed by atoms with Crippen LogP contribution in [0.2, 0.25) is 5.28 Å². The molecule has 0 amide bonds. The fourth-order valence-corrected chi connectivity index (χ4v) is 1.92. The molecule has 1 aromatic heterocycles. The molecule has 8 heteroatoms. The SMILES string of the molecule is Cc1nc(Cl)nc(Nc2cc(F)c(Br)cc2F)c1N. The molecule has 1 aromatic carbocycles. The number of anilines is 3. The van der Waals surface area contributed by atoms with Crippen molar-refractivity contribution in [2.45, 2.75) is 6.92 Å². The molecule has 0 radical (unpaired) electrons. The van der Waals surface area contributed by atoms with Gasteiger partial charge in [-0.2, -0.15) is 4.98 Å². The molecule has 0 aliphatic heterocycles. The molecule has 0 aliphatic rings. The van der Waals surface area contributed by atoms with E-state index in [9.17, 15) is 8.78 Å². The van der Waals surface area contributed by atoms with Crippen molar-refractivity contribution < 1.29 is 8.78 Å². The molecule has 19 heavy (non-hydrogen) atoms. The van der Waals surface area contributed by atoms with Crippen molar-refractivity contribution in [2.75, 3.05) is 11.1 Å². The van der Waals surface area contributed by atoms with Crippen molar-refractivity contribution >= 4 is 44.7 Å². The van der Waals surface area contributed by atoms with E-state index in [0.29, 0.717) is 5.69 Å². The zero-order chi connectivity index (χ0) is 14.2. The van der Waals surface area contributed by atoms with E-state index < -0.39 is 11.6 Å². The quantitative estimate of drug-likeness (QED) is 0.639. The Bertz CT molecular complexity index is 651. The number of hydrogen-bond donors (Lipinski definition) is 2. The summed E-state index contributed by atoms with van der Waals surface area (Å²) >= 11 is 8.58. The van der Waals surface area contributed by atoms with E-state index in [-0.39, 0.29) is 26.9 Å². The van der Waals surface area contributed by atoms with Crippen LogP contribution in [0.1, 0.15) is 5.69 Å². The van der Waals surface area contributed by atoms with Gasteiger partial charge in [0.05, 0.1) is 21.5 Å². The molecule has 4 nitrogen and oxygen atoms in total. The number of nitrogens with one attached hydrogen (secondary N) is 1. The van der Waals surface area contributed by atoms with Gasteiger partial charge < -0.3 is 11.1 Å². The lowest BCUT2D eigenvalue weighted by Crippen LogP contribution is -2.05. The molecule has 0 atom stereocenters. The standard InChI is InChI=1S/C11H8BrClF2N4/c1-4-9(16)10(19-11(13)17-4)18-8-3-6(14)5(12)2-7(8)15/h2-3H,16H2,1H3,(H,17,18,19). The molecule has 100 valence electrons. The minimum atomic E-state index is -0.653. The molecule has 3 N–H and O–H groups in total. The van der Waals surface area contributed by atoms with Crippen LogP contribution in [-0.2, 0) is 0 Å². The predicted molar refractivity (Wildman–Crippen MR) is 73.5 cm³/mol. The third-order valence-electron chi connectivity index (χ3n) is 2.37. The first-order valence-electron chi connectivity index (χ1n) is 5.09. The number of halogens is 4. The van der Waals surface area contributed by atoms with Gasteiger partial charge >= 0.3 is 0 Å². The Morgan fingerprint density at radius 2 is 1.95 bits per heavy atom. The average Bonchev–Trinajstić information content (AvgIpc) is 2.32. The lowest BCUT2D eigenvalue weighted by molar-refractivity contribution is 0.598. The number of hydrogen-bond acceptors (Lipinski definition) is 4. The first-order valence-corrected chi connectivity index (χ1v) is 6.26. The largest absolute Gasteiger partial charge is 0.394 e. The first kappa shape index (κ1) is 14.0. The zero-order valence-electron chi connectivity index (χ0n) is 9.64. The van der Waals surface area contributed by atoms with Crippen LogP contribution in [0.25, 0.3) is 0 Å². The number of aromatic nitrogens is 2. The molecular weight excluding hydrogens is 342 g/mol. The topological polar surface area (TPSA) is 63.8 Å². The second-order valence-electron chi connectivity index (χ2n) is 3.71. The van der Waals surface area contributed by atoms with Crippen LogP contribution in [0, 0.1) is 18.6 Å². The van der Waals surface area contributed by atoms with Gasteiger partial charge in [-0.1, -0.05) is 0 Å². The highest BCUT2D eigenvalue weighted by Gasteiger charge is 2.12. The average molecular weight is 350 g/mol. The van der Waals surface area contributed by atoms with Crippen molar-refractivity contribution in [3.8, 4) is 0 Å². The van der Waals surface area contributed by atoms with Gasteiger partial charge in [-0.05, 0) is 40.5 Å². The van der Waals surface area contributed by atoms with Crippen LogP contribution in [0.5, 0.6) is 0 Å². The van der Waals surface area contributed by atoms with Gasteiger partial charge in [-0.3, -0.25) is 0 Å². The highest BCUT2D eigenvalue weighted by molar-refractivity contribution is 9.10. The number of benzene rings is 1. The molecule has 0 saturated heterocycles. The zero-order valence-corrected chi connectivity index (χ0v) is 12.0. The van der Waals surface area contributed by atoms with Crippen molar-refractivity contribution in [3.63, 3.8) is 0 Å². The summed E-state index contributed by atoms with van der Waals surface area (Å²) in [5, 5.41) is 2.56. The molecule has 0 unspecified atom stereocenters. The second-order valence-corrected chi connectivity index (χ2v) is 4.90. The molecule has 0 saturated carbocycles. The van der Waals surface area contributed by atoms with Gasteiger partial charge in [0.15, 0.2) is 5.82 Å². The van der Waals surface area contributed by atoms with Crippen molar-refractivity contribution in [3.05, 3.63) is 39.2 Å². The van der Waals surface area contributed by atoms with Crippen LogP contribution >= 0.6 is 27.5 Å². The fraction of sp³-hybridized carbons (Fsp3) is 0.0909. The maximum atomic E-state index is 13.7. The molecule has 0 aliphatic carbocycles. The van der Waals surface area contributed by atoms with Crippen LogP contribution in [0.3, 0.4) is 0 Å². The molecule has 0 bridgehead atoms. The Labute approximate surface area is 121 Å². The number of aryl methyl sites for hydroxylation is 1. The molecule has 0 spiro atoms. The predicted octanol–water partition coefficient (Wildman–Crippen LogP) is 3.80. The van der Waals surface area contributed by atoms with Crippen LogP contribution in [0.15, 0.2) is 16.6 Å². The minimum absolute atomic E-state index is 0.0282. The Balaban J connectivity index is 2.44. The van der Waals surface area contributed by atoms with E-state index in [4.69, 9.17) is 17.3 Å². The summed E-state index contributed by atoms with van der Waals surface area (Å²) in [5.41, 5.74) is 6.31. The van der Waals surface area contributed by atoms with Crippen molar-refractivity contribution in [1.82, 2.24) is 9.97 Å². The summed E-state index contributed by atoms with van der Waals surface area (Å²) in [7, 11) is 0.